The maximum atomic E-state index is 11.4. The Labute approximate surface area is 119 Å². The fourth-order valence-electron chi connectivity index (χ4n) is 1.78. The van der Waals surface area contributed by atoms with Crippen molar-refractivity contribution in [2.24, 2.45) is 5.10 Å². The number of aryl methyl sites for hydroxylation is 1. The molecule has 3 rings (SSSR count). The Bertz CT molecular complexity index is 817. The Morgan fingerprint density at radius 1 is 1.30 bits per heavy atom. The summed E-state index contributed by atoms with van der Waals surface area (Å²) in [6.07, 6.45) is 1.70. The van der Waals surface area contributed by atoms with E-state index < -0.39 is 0 Å². The Hall–Kier alpha value is -2.47. The summed E-state index contributed by atoms with van der Waals surface area (Å²) in [6, 6.07) is 9.90. The van der Waals surface area contributed by atoms with Crippen LogP contribution in [0.3, 0.4) is 0 Å². The minimum Gasteiger partial charge on any atom is -0.290 e. The third-order valence-corrected chi connectivity index (χ3v) is 3.62. The quantitative estimate of drug-likeness (QED) is 0.574. The van der Waals surface area contributed by atoms with Crippen molar-refractivity contribution in [3.05, 3.63) is 57.3 Å². The first kappa shape index (κ1) is 12.6. The van der Waals surface area contributed by atoms with E-state index in [1.807, 2.05) is 42.6 Å². The topological polar surface area (TPSA) is 70.1 Å². The second-order valence-corrected chi connectivity index (χ2v) is 5.23. The van der Waals surface area contributed by atoms with Crippen LogP contribution in [0.4, 0.5) is 5.82 Å². The van der Waals surface area contributed by atoms with Crippen LogP contribution < -0.4 is 11.1 Å². The van der Waals surface area contributed by atoms with Crippen LogP contribution in [0.2, 0.25) is 0 Å². The van der Waals surface area contributed by atoms with E-state index in [-0.39, 0.29) is 5.69 Å². The highest BCUT2D eigenvalue weighted by molar-refractivity contribution is 7.16. The van der Waals surface area contributed by atoms with Crippen LogP contribution in [-0.2, 0) is 0 Å². The predicted octanol–water partition coefficient (Wildman–Crippen LogP) is 2.74. The van der Waals surface area contributed by atoms with Gasteiger partial charge in [-0.25, -0.2) is 4.79 Å². The molecule has 0 aliphatic carbocycles. The highest BCUT2D eigenvalue weighted by Crippen LogP contribution is 2.22. The Balaban J connectivity index is 1.84. The van der Waals surface area contributed by atoms with Gasteiger partial charge in [0.05, 0.1) is 11.6 Å². The van der Waals surface area contributed by atoms with Crippen molar-refractivity contribution >= 4 is 33.6 Å². The number of rotatable bonds is 3. The van der Waals surface area contributed by atoms with E-state index >= 15 is 0 Å². The van der Waals surface area contributed by atoms with Gasteiger partial charge in [-0.3, -0.25) is 10.4 Å². The van der Waals surface area contributed by atoms with Crippen LogP contribution in [0.1, 0.15) is 11.1 Å². The highest BCUT2D eigenvalue weighted by Gasteiger charge is 2.04. The summed E-state index contributed by atoms with van der Waals surface area (Å²) in [5, 5.41) is 6.89. The van der Waals surface area contributed by atoms with E-state index in [9.17, 15) is 4.79 Å². The highest BCUT2D eigenvalue weighted by atomic mass is 32.1. The fraction of sp³-hybridized carbons (Fsp3) is 0.0714. The van der Waals surface area contributed by atoms with Crippen LogP contribution in [-0.4, -0.2) is 16.2 Å². The second kappa shape index (κ2) is 5.26. The largest absolute Gasteiger partial charge is 0.347 e. The van der Waals surface area contributed by atoms with E-state index in [1.54, 1.807) is 6.21 Å². The number of anilines is 1. The van der Waals surface area contributed by atoms with Gasteiger partial charge < -0.3 is 0 Å². The zero-order valence-corrected chi connectivity index (χ0v) is 11.6. The zero-order valence-electron chi connectivity index (χ0n) is 10.8. The predicted molar refractivity (Wildman–Crippen MR) is 82.6 cm³/mol. The summed E-state index contributed by atoms with van der Waals surface area (Å²) in [5.41, 5.74) is 4.67. The lowest BCUT2D eigenvalue weighted by molar-refractivity contribution is 1.11. The number of aromatic nitrogens is 2. The number of hydrogen-bond acceptors (Lipinski definition) is 5. The van der Waals surface area contributed by atoms with E-state index in [4.69, 9.17) is 0 Å². The van der Waals surface area contributed by atoms with Gasteiger partial charge in [0, 0.05) is 0 Å². The van der Waals surface area contributed by atoms with Gasteiger partial charge in [-0.05, 0) is 23.9 Å². The first-order chi connectivity index (χ1) is 9.72. The molecule has 0 atom stereocenters. The van der Waals surface area contributed by atoms with Gasteiger partial charge in [-0.1, -0.05) is 29.8 Å². The van der Waals surface area contributed by atoms with E-state index in [0.717, 1.165) is 10.9 Å². The molecule has 0 saturated carbocycles. The maximum Gasteiger partial charge on any atom is 0.347 e. The maximum absolute atomic E-state index is 11.4. The van der Waals surface area contributed by atoms with Gasteiger partial charge in [-0.15, -0.1) is 11.3 Å². The number of thiophene rings is 1. The Kier molecular flexibility index (Phi) is 3.30. The molecular formula is C14H12N4OS. The molecule has 0 amide bonds. The van der Waals surface area contributed by atoms with Crippen molar-refractivity contribution < 1.29 is 0 Å². The van der Waals surface area contributed by atoms with E-state index in [0.29, 0.717) is 10.6 Å². The minimum absolute atomic E-state index is 0.381. The van der Waals surface area contributed by atoms with Gasteiger partial charge >= 0.3 is 5.69 Å². The van der Waals surface area contributed by atoms with Gasteiger partial charge in [0.2, 0.25) is 0 Å². The van der Waals surface area contributed by atoms with Crippen molar-refractivity contribution in [1.82, 2.24) is 9.97 Å². The van der Waals surface area contributed by atoms with Gasteiger partial charge in [-0.2, -0.15) is 10.1 Å². The molecule has 2 aromatic heterocycles. The second-order valence-electron chi connectivity index (χ2n) is 4.34. The first-order valence-corrected chi connectivity index (χ1v) is 6.93. The molecule has 2 N–H and O–H groups in total. The molecular weight excluding hydrogens is 272 g/mol. The molecule has 0 fully saturated rings. The lowest BCUT2D eigenvalue weighted by atomic mass is 10.2. The van der Waals surface area contributed by atoms with Crippen molar-refractivity contribution in [3.63, 3.8) is 0 Å². The summed E-state index contributed by atoms with van der Waals surface area (Å²) < 4.78 is 0. The molecule has 1 aromatic carbocycles. The Morgan fingerprint density at radius 2 is 2.10 bits per heavy atom. The van der Waals surface area contributed by atoms with Crippen molar-refractivity contribution in [3.8, 4) is 0 Å². The summed E-state index contributed by atoms with van der Waals surface area (Å²) in [4.78, 5) is 18.7. The van der Waals surface area contributed by atoms with Crippen LogP contribution in [0.25, 0.3) is 10.2 Å². The SMILES string of the molecule is Cc1ccc(/C=N/Nc2[nH]c(=O)nc3sccc23)cc1. The molecule has 0 saturated heterocycles. The molecule has 2 heterocycles. The van der Waals surface area contributed by atoms with E-state index in [2.05, 4.69) is 20.5 Å². The van der Waals surface area contributed by atoms with Gasteiger partial charge in [0.15, 0.2) is 0 Å². The van der Waals surface area contributed by atoms with Gasteiger partial charge in [0.25, 0.3) is 0 Å². The van der Waals surface area contributed by atoms with Crippen molar-refractivity contribution in [2.45, 2.75) is 6.92 Å². The third-order valence-electron chi connectivity index (χ3n) is 2.82. The number of aromatic amines is 1. The lowest BCUT2D eigenvalue weighted by Crippen LogP contribution is -2.11. The van der Waals surface area contributed by atoms with E-state index in [1.165, 1.54) is 16.9 Å². The van der Waals surface area contributed by atoms with Gasteiger partial charge in [0.1, 0.15) is 10.6 Å². The molecule has 0 spiro atoms. The van der Waals surface area contributed by atoms with Crippen LogP contribution >= 0.6 is 11.3 Å². The average Bonchev–Trinajstić information content (AvgIpc) is 2.89. The molecule has 100 valence electrons. The van der Waals surface area contributed by atoms with Crippen LogP contribution in [0, 0.1) is 6.92 Å². The fourth-order valence-corrected chi connectivity index (χ4v) is 2.55. The molecule has 0 unspecified atom stereocenters. The molecule has 5 nitrogen and oxygen atoms in total. The molecule has 6 heteroatoms. The number of nitrogens with one attached hydrogen (secondary N) is 2. The molecule has 0 bridgehead atoms. The summed E-state index contributed by atoms with van der Waals surface area (Å²) in [7, 11) is 0. The monoisotopic (exact) mass is 284 g/mol. The standard InChI is InChI=1S/C14H12N4OS/c1-9-2-4-10(5-3-9)8-15-18-12-11-6-7-20-13(11)17-14(19)16-12/h2-8H,1H3,(H2,16,17,18,19)/b15-8+. The number of fused-ring (bicyclic) bond motifs is 1. The number of hydrogen-bond donors (Lipinski definition) is 2. The van der Waals surface area contributed by atoms with Crippen LogP contribution in [0.5, 0.6) is 0 Å². The zero-order chi connectivity index (χ0) is 13.9. The summed E-state index contributed by atoms with van der Waals surface area (Å²) >= 11 is 1.42. The smallest absolute Gasteiger partial charge is 0.290 e. The van der Waals surface area contributed by atoms with Crippen molar-refractivity contribution in [1.29, 1.82) is 0 Å². The summed E-state index contributed by atoms with van der Waals surface area (Å²) in [5.74, 6) is 0.560. The molecule has 0 aliphatic heterocycles. The summed E-state index contributed by atoms with van der Waals surface area (Å²) in [6.45, 7) is 2.04. The minimum atomic E-state index is -0.381. The molecule has 3 aromatic rings. The molecule has 0 aliphatic rings. The first-order valence-electron chi connectivity index (χ1n) is 6.06. The number of benzene rings is 1. The van der Waals surface area contributed by atoms with Crippen LogP contribution in [0.15, 0.2) is 45.6 Å². The van der Waals surface area contributed by atoms with Crippen molar-refractivity contribution in [2.75, 3.05) is 5.43 Å². The third kappa shape index (κ3) is 2.60. The number of H-pyrrole nitrogens is 1. The average molecular weight is 284 g/mol. The molecule has 20 heavy (non-hydrogen) atoms. The lowest BCUT2D eigenvalue weighted by Gasteiger charge is -2.01. The number of nitrogens with zero attached hydrogens (tertiary/aromatic N) is 2. The molecule has 0 radical (unpaired) electrons. The Morgan fingerprint density at radius 3 is 2.90 bits per heavy atom. The normalized spacial score (nSPS) is 11.2. The number of hydrazone groups is 1.